The van der Waals surface area contributed by atoms with Gasteiger partial charge in [0.2, 0.25) is 0 Å². The molecule has 1 aliphatic carbocycles. The molecule has 1 fully saturated rings. The van der Waals surface area contributed by atoms with Gasteiger partial charge in [0, 0.05) is 11.5 Å². The highest BCUT2D eigenvalue weighted by Crippen LogP contribution is 2.39. The van der Waals surface area contributed by atoms with E-state index in [0.717, 1.165) is 19.3 Å². The summed E-state index contributed by atoms with van der Waals surface area (Å²) < 4.78 is 28.2. The van der Waals surface area contributed by atoms with Crippen LogP contribution in [0.3, 0.4) is 0 Å². The molecule has 2 rings (SSSR count). The quantitative estimate of drug-likeness (QED) is 0.865. The van der Waals surface area contributed by atoms with Crippen molar-refractivity contribution in [1.82, 2.24) is 4.98 Å². The molecule has 1 aromatic rings. The second-order valence-corrected chi connectivity index (χ2v) is 5.16. The van der Waals surface area contributed by atoms with Gasteiger partial charge in [-0.1, -0.05) is 13.3 Å². The Labute approximate surface area is 110 Å². The van der Waals surface area contributed by atoms with Crippen LogP contribution in [-0.2, 0) is 0 Å². The normalized spacial score (nSPS) is 26.7. The summed E-state index contributed by atoms with van der Waals surface area (Å²) in [5.74, 6) is 0.644. The minimum absolute atomic E-state index is 0.0388. The topological polar surface area (TPSA) is 54.4 Å². The molecule has 1 aliphatic rings. The van der Waals surface area contributed by atoms with Crippen molar-refractivity contribution in [3.8, 4) is 5.75 Å². The lowest BCUT2D eigenvalue weighted by atomic mass is 9.86. The average Bonchev–Trinajstić information content (AvgIpc) is 2.74. The Bertz CT molecular complexity index is 414. The zero-order valence-electron chi connectivity index (χ0n) is 10.8. The molecule has 0 amide bonds. The van der Waals surface area contributed by atoms with Crippen molar-refractivity contribution in [3.63, 3.8) is 0 Å². The van der Waals surface area contributed by atoms with Crippen LogP contribution >= 0.6 is 0 Å². The van der Waals surface area contributed by atoms with Crippen LogP contribution in [0.1, 0.15) is 26.2 Å². The summed E-state index contributed by atoms with van der Waals surface area (Å²) in [7, 11) is 0. The first-order chi connectivity index (χ1) is 9.03. The van der Waals surface area contributed by atoms with Crippen molar-refractivity contribution in [1.29, 1.82) is 0 Å². The van der Waals surface area contributed by atoms with Gasteiger partial charge in [0.15, 0.2) is 0 Å². The van der Waals surface area contributed by atoms with Gasteiger partial charge in [-0.2, -0.15) is 8.78 Å². The molecule has 4 nitrogen and oxygen atoms in total. The number of alkyl halides is 2. The number of hydrogen-bond acceptors (Lipinski definition) is 4. The number of rotatable bonds is 5. The highest BCUT2D eigenvalue weighted by atomic mass is 19.3. The number of nitrogens with zero attached hydrogens (tertiary/aromatic N) is 1. The third-order valence-electron chi connectivity index (χ3n) is 3.73. The van der Waals surface area contributed by atoms with Gasteiger partial charge in [-0.05, 0) is 25.0 Å². The highest BCUT2D eigenvalue weighted by Gasteiger charge is 2.38. The van der Waals surface area contributed by atoms with Crippen molar-refractivity contribution in [2.75, 3.05) is 11.9 Å². The zero-order valence-corrected chi connectivity index (χ0v) is 10.8. The predicted molar refractivity (Wildman–Crippen MR) is 67.3 cm³/mol. The smallest absolute Gasteiger partial charge is 0.387 e. The van der Waals surface area contributed by atoms with Gasteiger partial charge in [0.25, 0.3) is 0 Å². The van der Waals surface area contributed by atoms with Gasteiger partial charge in [0.1, 0.15) is 11.6 Å². The average molecular weight is 272 g/mol. The number of hydrogen-bond donors (Lipinski definition) is 2. The number of ether oxygens (including phenoxy) is 1. The number of aliphatic hydroxyl groups excluding tert-OH is 1. The van der Waals surface area contributed by atoms with E-state index in [9.17, 15) is 13.9 Å². The van der Waals surface area contributed by atoms with Gasteiger partial charge in [0.05, 0.1) is 12.8 Å². The van der Waals surface area contributed by atoms with Crippen molar-refractivity contribution in [2.24, 2.45) is 5.41 Å². The lowest BCUT2D eigenvalue weighted by Gasteiger charge is -2.30. The summed E-state index contributed by atoms with van der Waals surface area (Å²) in [5, 5.41) is 12.7. The molecule has 1 aromatic heterocycles. The van der Waals surface area contributed by atoms with Crippen molar-refractivity contribution in [2.45, 2.75) is 38.8 Å². The van der Waals surface area contributed by atoms with Gasteiger partial charge >= 0.3 is 6.61 Å². The van der Waals surface area contributed by atoms with Gasteiger partial charge in [-0.3, -0.25) is 0 Å². The molecule has 2 atom stereocenters. The largest absolute Gasteiger partial charge is 0.433 e. The first kappa shape index (κ1) is 14.0. The standard InChI is InChI=1S/C13H18F2N2O2/c1-13(8-18)6-2-3-10(13)17-11-5-4-9(7-16-11)19-12(14)15/h4-5,7,10,12,18H,2-3,6,8H2,1H3,(H,16,17). The molecule has 0 aliphatic heterocycles. The van der Waals surface area contributed by atoms with E-state index >= 15 is 0 Å². The third-order valence-corrected chi connectivity index (χ3v) is 3.73. The third kappa shape index (κ3) is 3.32. The van der Waals surface area contributed by atoms with E-state index in [1.165, 1.54) is 12.3 Å². The first-order valence-electron chi connectivity index (χ1n) is 6.32. The monoisotopic (exact) mass is 272 g/mol. The number of nitrogens with one attached hydrogen (secondary N) is 1. The van der Waals surface area contributed by atoms with E-state index in [0.29, 0.717) is 5.82 Å². The maximum absolute atomic E-state index is 12.0. The fourth-order valence-corrected chi connectivity index (χ4v) is 2.49. The van der Waals surface area contributed by atoms with Gasteiger partial charge < -0.3 is 15.2 Å². The molecule has 6 heteroatoms. The number of aliphatic hydroxyl groups is 1. The van der Waals surface area contributed by atoms with Crippen molar-refractivity contribution in [3.05, 3.63) is 18.3 Å². The molecule has 2 N–H and O–H groups in total. The molecule has 106 valence electrons. The second-order valence-electron chi connectivity index (χ2n) is 5.16. The van der Waals surface area contributed by atoms with Crippen LogP contribution in [0.2, 0.25) is 0 Å². The summed E-state index contributed by atoms with van der Waals surface area (Å²) in [6.45, 7) is -0.684. The number of pyridine rings is 1. The van der Waals surface area contributed by atoms with E-state index < -0.39 is 6.61 Å². The molecule has 1 heterocycles. The van der Waals surface area contributed by atoms with Crippen LogP contribution in [0, 0.1) is 5.41 Å². The Hall–Kier alpha value is -1.43. The summed E-state index contributed by atoms with van der Waals surface area (Å²) >= 11 is 0. The molecule has 1 saturated carbocycles. The zero-order chi connectivity index (χ0) is 13.9. The first-order valence-corrected chi connectivity index (χ1v) is 6.32. The van der Waals surface area contributed by atoms with Crippen LogP contribution < -0.4 is 10.1 Å². The summed E-state index contributed by atoms with van der Waals surface area (Å²) in [5.41, 5.74) is -0.153. The molecular weight excluding hydrogens is 254 g/mol. The Morgan fingerprint density at radius 1 is 1.58 bits per heavy atom. The van der Waals surface area contributed by atoms with E-state index in [2.05, 4.69) is 15.0 Å². The van der Waals surface area contributed by atoms with E-state index in [4.69, 9.17) is 0 Å². The maximum atomic E-state index is 12.0. The van der Waals surface area contributed by atoms with E-state index in [1.807, 2.05) is 6.92 Å². The van der Waals surface area contributed by atoms with Crippen LogP contribution in [0.25, 0.3) is 0 Å². The van der Waals surface area contributed by atoms with Crippen molar-refractivity contribution >= 4 is 5.82 Å². The predicted octanol–water partition coefficient (Wildman–Crippen LogP) is 2.65. The molecule has 2 unspecified atom stereocenters. The molecule has 0 saturated heterocycles. The van der Waals surface area contributed by atoms with Crippen LogP contribution in [-0.4, -0.2) is 29.4 Å². The van der Waals surface area contributed by atoms with Gasteiger partial charge in [-0.25, -0.2) is 4.98 Å². The van der Waals surface area contributed by atoms with Gasteiger partial charge in [-0.15, -0.1) is 0 Å². The molecule has 0 spiro atoms. The molecule has 19 heavy (non-hydrogen) atoms. The maximum Gasteiger partial charge on any atom is 0.387 e. The highest BCUT2D eigenvalue weighted by molar-refractivity contribution is 5.39. The number of aromatic nitrogens is 1. The molecule has 0 bridgehead atoms. The fraction of sp³-hybridized carbons (Fsp3) is 0.615. The lowest BCUT2D eigenvalue weighted by Crippen LogP contribution is -2.36. The second kappa shape index (κ2) is 5.69. The summed E-state index contributed by atoms with van der Waals surface area (Å²) in [6, 6.07) is 3.20. The molecule has 0 aromatic carbocycles. The summed E-state index contributed by atoms with van der Waals surface area (Å²) in [6.07, 6.45) is 4.25. The fourth-order valence-electron chi connectivity index (χ4n) is 2.49. The summed E-state index contributed by atoms with van der Waals surface area (Å²) in [4.78, 5) is 4.04. The van der Waals surface area contributed by atoms with Crippen LogP contribution in [0.4, 0.5) is 14.6 Å². The van der Waals surface area contributed by atoms with E-state index in [1.54, 1.807) is 6.07 Å². The molecular formula is C13H18F2N2O2. The number of halogens is 2. The Morgan fingerprint density at radius 2 is 2.37 bits per heavy atom. The van der Waals surface area contributed by atoms with Crippen LogP contribution in [0.5, 0.6) is 5.75 Å². The van der Waals surface area contributed by atoms with E-state index in [-0.39, 0.29) is 23.8 Å². The van der Waals surface area contributed by atoms with Crippen molar-refractivity contribution < 1.29 is 18.6 Å². The SMILES string of the molecule is CC1(CO)CCCC1Nc1ccc(OC(F)F)cn1. The minimum atomic E-state index is -2.84. The van der Waals surface area contributed by atoms with Crippen LogP contribution in [0.15, 0.2) is 18.3 Å². The minimum Gasteiger partial charge on any atom is -0.433 e. The lowest BCUT2D eigenvalue weighted by molar-refractivity contribution is -0.0500. The Kier molecular flexibility index (Phi) is 4.19. The number of anilines is 1. The Balaban J connectivity index is 1.99. The molecule has 0 radical (unpaired) electrons. The Morgan fingerprint density at radius 3 is 2.95 bits per heavy atom.